The molecule has 1 aromatic rings. The zero-order valence-electron chi connectivity index (χ0n) is 11.2. The van der Waals surface area contributed by atoms with Gasteiger partial charge in [0.1, 0.15) is 0 Å². The molecule has 0 saturated heterocycles. The summed E-state index contributed by atoms with van der Waals surface area (Å²) in [5, 5.41) is 3.29. The molecule has 0 aliphatic heterocycles. The summed E-state index contributed by atoms with van der Waals surface area (Å²) < 4.78 is 23.5. The third-order valence-corrected chi connectivity index (χ3v) is 5.61. The molecular formula is C14H20ClNO2S. The standard InChI is InChI=1S/C14H20ClNO2S/c1-19(17,18)13-7-3-2-6-12(13)16-11-14(10-15)8-4-5-9-14/h2-3,6-7,16H,4-5,8-11H2,1H3. The summed E-state index contributed by atoms with van der Waals surface area (Å²) in [7, 11) is -3.20. The molecule has 1 aliphatic carbocycles. The SMILES string of the molecule is CS(=O)(=O)c1ccccc1NCC1(CCl)CCCC1. The minimum atomic E-state index is -3.20. The Morgan fingerprint density at radius 2 is 1.89 bits per heavy atom. The number of sulfone groups is 1. The van der Waals surface area contributed by atoms with Gasteiger partial charge in [0, 0.05) is 24.1 Å². The minimum absolute atomic E-state index is 0.117. The van der Waals surface area contributed by atoms with Crippen molar-refractivity contribution >= 4 is 27.1 Å². The van der Waals surface area contributed by atoms with Crippen molar-refractivity contribution in [2.24, 2.45) is 5.41 Å². The molecule has 1 fully saturated rings. The Kier molecular flexibility index (Phi) is 4.41. The number of hydrogen-bond acceptors (Lipinski definition) is 3. The van der Waals surface area contributed by atoms with E-state index in [1.54, 1.807) is 12.1 Å². The van der Waals surface area contributed by atoms with Crippen LogP contribution in [0.25, 0.3) is 0 Å². The number of alkyl halides is 1. The molecule has 1 aliphatic rings. The first kappa shape index (κ1) is 14.7. The second-order valence-electron chi connectivity index (χ2n) is 5.46. The number of rotatable bonds is 5. The van der Waals surface area contributed by atoms with E-state index in [4.69, 9.17) is 11.6 Å². The monoisotopic (exact) mass is 301 g/mol. The van der Waals surface area contributed by atoms with Crippen molar-refractivity contribution < 1.29 is 8.42 Å². The molecule has 5 heteroatoms. The van der Waals surface area contributed by atoms with E-state index in [1.807, 2.05) is 12.1 Å². The quantitative estimate of drug-likeness (QED) is 0.849. The van der Waals surface area contributed by atoms with E-state index < -0.39 is 9.84 Å². The molecule has 0 unspecified atom stereocenters. The molecule has 19 heavy (non-hydrogen) atoms. The summed E-state index contributed by atoms with van der Waals surface area (Å²) in [5.74, 6) is 0.626. The van der Waals surface area contributed by atoms with Gasteiger partial charge in [-0.2, -0.15) is 0 Å². The fraction of sp³-hybridized carbons (Fsp3) is 0.571. The van der Waals surface area contributed by atoms with Crippen molar-refractivity contribution in [2.75, 3.05) is 24.0 Å². The average Bonchev–Trinajstić information content (AvgIpc) is 2.85. The van der Waals surface area contributed by atoms with E-state index >= 15 is 0 Å². The topological polar surface area (TPSA) is 46.2 Å². The molecule has 0 atom stereocenters. The zero-order valence-corrected chi connectivity index (χ0v) is 12.7. The van der Waals surface area contributed by atoms with Crippen molar-refractivity contribution in [1.29, 1.82) is 0 Å². The van der Waals surface area contributed by atoms with Crippen LogP contribution in [0.2, 0.25) is 0 Å². The second-order valence-corrected chi connectivity index (χ2v) is 7.71. The van der Waals surface area contributed by atoms with Crippen LogP contribution in [0.15, 0.2) is 29.2 Å². The van der Waals surface area contributed by atoms with Crippen LogP contribution < -0.4 is 5.32 Å². The van der Waals surface area contributed by atoms with Gasteiger partial charge in [0.25, 0.3) is 0 Å². The van der Waals surface area contributed by atoms with Crippen molar-refractivity contribution in [3.8, 4) is 0 Å². The highest BCUT2D eigenvalue weighted by molar-refractivity contribution is 7.90. The Bertz CT molecular complexity index is 536. The van der Waals surface area contributed by atoms with Gasteiger partial charge in [0.2, 0.25) is 0 Å². The van der Waals surface area contributed by atoms with Crippen LogP contribution in [0, 0.1) is 5.41 Å². The molecule has 0 heterocycles. The number of anilines is 1. The Balaban J connectivity index is 2.16. The lowest BCUT2D eigenvalue weighted by Crippen LogP contribution is -2.29. The largest absolute Gasteiger partial charge is 0.383 e. The van der Waals surface area contributed by atoms with Gasteiger partial charge in [-0.3, -0.25) is 0 Å². The molecular weight excluding hydrogens is 282 g/mol. The van der Waals surface area contributed by atoms with Gasteiger partial charge in [-0.05, 0) is 25.0 Å². The van der Waals surface area contributed by atoms with E-state index in [9.17, 15) is 8.42 Å². The highest BCUT2D eigenvalue weighted by atomic mass is 35.5. The first-order chi connectivity index (χ1) is 8.97. The summed E-state index contributed by atoms with van der Waals surface area (Å²) in [5.41, 5.74) is 0.799. The Morgan fingerprint density at radius 1 is 1.26 bits per heavy atom. The third kappa shape index (κ3) is 3.42. The molecule has 0 radical (unpaired) electrons. The average molecular weight is 302 g/mol. The molecule has 0 bridgehead atoms. The van der Waals surface area contributed by atoms with E-state index in [0.717, 1.165) is 19.4 Å². The maximum absolute atomic E-state index is 11.7. The summed E-state index contributed by atoms with van der Waals surface area (Å²) in [4.78, 5) is 0.359. The predicted octanol–water partition coefficient (Wildman–Crippen LogP) is 3.30. The van der Waals surface area contributed by atoms with Gasteiger partial charge < -0.3 is 5.32 Å². The summed E-state index contributed by atoms with van der Waals surface area (Å²) in [6, 6.07) is 7.04. The lowest BCUT2D eigenvalue weighted by molar-refractivity contribution is 0.368. The van der Waals surface area contributed by atoms with E-state index in [1.165, 1.54) is 19.1 Å². The number of nitrogens with one attached hydrogen (secondary N) is 1. The maximum atomic E-state index is 11.7. The van der Waals surface area contributed by atoms with E-state index in [0.29, 0.717) is 16.5 Å². The number of benzene rings is 1. The van der Waals surface area contributed by atoms with Crippen LogP contribution in [-0.4, -0.2) is 27.1 Å². The molecule has 1 N–H and O–H groups in total. The number of hydrogen-bond donors (Lipinski definition) is 1. The fourth-order valence-electron chi connectivity index (χ4n) is 2.70. The highest BCUT2D eigenvalue weighted by Crippen LogP contribution is 2.39. The number of halogens is 1. The lowest BCUT2D eigenvalue weighted by atomic mass is 9.88. The molecule has 106 valence electrons. The predicted molar refractivity (Wildman–Crippen MR) is 79.7 cm³/mol. The van der Waals surface area contributed by atoms with Crippen LogP contribution >= 0.6 is 11.6 Å². The van der Waals surface area contributed by atoms with Crippen molar-refractivity contribution in [3.05, 3.63) is 24.3 Å². The smallest absolute Gasteiger partial charge is 0.177 e. The lowest BCUT2D eigenvalue weighted by Gasteiger charge is -2.27. The highest BCUT2D eigenvalue weighted by Gasteiger charge is 2.33. The zero-order chi connectivity index (χ0) is 13.9. The first-order valence-electron chi connectivity index (χ1n) is 6.56. The molecule has 2 rings (SSSR count). The minimum Gasteiger partial charge on any atom is -0.383 e. The van der Waals surface area contributed by atoms with Crippen LogP contribution in [0.4, 0.5) is 5.69 Å². The summed E-state index contributed by atoms with van der Waals surface area (Å²) in [6.07, 6.45) is 5.89. The summed E-state index contributed by atoms with van der Waals surface area (Å²) >= 11 is 6.10. The van der Waals surface area contributed by atoms with Gasteiger partial charge in [-0.1, -0.05) is 25.0 Å². The fourth-order valence-corrected chi connectivity index (χ4v) is 3.93. The first-order valence-corrected chi connectivity index (χ1v) is 8.98. The van der Waals surface area contributed by atoms with Gasteiger partial charge in [-0.25, -0.2) is 8.42 Å². The molecule has 0 spiro atoms. The molecule has 3 nitrogen and oxygen atoms in total. The van der Waals surface area contributed by atoms with Gasteiger partial charge >= 0.3 is 0 Å². The van der Waals surface area contributed by atoms with Crippen molar-refractivity contribution in [3.63, 3.8) is 0 Å². The van der Waals surface area contributed by atoms with Crippen molar-refractivity contribution in [2.45, 2.75) is 30.6 Å². The Morgan fingerprint density at radius 3 is 2.47 bits per heavy atom. The normalized spacial score (nSPS) is 18.4. The summed E-state index contributed by atoms with van der Waals surface area (Å²) in [6.45, 7) is 0.739. The number of para-hydroxylation sites is 1. The third-order valence-electron chi connectivity index (χ3n) is 3.89. The van der Waals surface area contributed by atoms with Gasteiger partial charge in [0.15, 0.2) is 9.84 Å². The van der Waals surface area contributed by atoms with Crippen molar-refractivity contribution in [1.82, 2.24) is 0 Å². The Labute approximate surface area is 120 Å². The van der Waals surface area contributed by atoms with Crippen LogP contribution in [-0.2, 0) is 9.84 Å². The van der Waals surface area contributed by atoms with Crippen LogP contribution in [0.5, 0.6) is 0 Å². The second kappa shape index (κ2) is 5.71. The van der Waals surface area contributed by atoms with Gasteiger partial charge in [-0.15, -0.1) is 11.6 Å². The Hall–Kier alpha value is -0.740. The van der Waals surface area contributed by atoms with E-state index in [2.05, 4.69) is 5.32 Å². The molecule has 0 aromatic heterocycles. The van der Waals surface area contributed by atoms with E-state index in [-0.39, 0.29) is 5.41 Å². The molecule has 0 amide bonds. The van der Waals surface area contributed by atoms with Crippen LogP contribution in [0.3, 0.4) is 0 Å². The molecule has 1 aromatic carbocycles. The maximum Gasteiger partial charge on any atom is 0.177 e. The molecule has 1 saturated carbocycles. The van der Waals surface area contributed by atoms with Gasteiger partial charge in [0.05, 0.1) is 10.6 Å². The van der Waals surface area contributed by atoms with Crippen LogP contribution in [0.1, 0.15) is 25.7 Å².